The highest BCUT2D eigenvalue weighted by molar-refractivity contribution is 6.30. The largest absolute Gasteiger partial charge is 0.468 e. The van der Waals surface area contributed by atoms with Crippen molar-refractivity contribution >= 4 is 35.2 Å². The van der Waals surface area contributed by atoms with Crippen LogP contribution in [0.3, 0.4) is 0 Å². The third kappa shape index (κ3) is 4.63. The van der Waals surface area contributed by atoms with Gasteiger partial charge < -0.3 is 15.4 Å². The van der Waals surface area contributed by atoms with Gasteiger partial charge in [0.25, 0.3) is 5.91 Å². The van der Waals surface area contributed by atoms with Crippen molar-refractivity contribution in [3.8, 4) is 0 Å². The molecule has 0 aliphatic heterocycles. The van der Waals surface area contributed by atoms with Crippen LogP contribution < -0.4 is 10.6 Å². The maximum Gasteiger partial charge on any atom is 0.316 e. The van der Waals surface area contributed by atoms with Crippen molar-refractivity contribution in [2.75, 3.05) is 12.4 Å². The van der Waals surface area contributed by atoms with Gasteiger partial charge in [-0.1, -0.05) is 36.6 Å². The second-order valence-corrected chi connectivity index (χ2v) is 8.91. The zero-order chi connectivity index (χ0) is 22.7. The number of hydrogen-bond donors (Lipinski definition) is 2. The van der Waals surface area contributed by atoms with Crippen molar-refractivity contribution in [3.05, 3.63) is 58.7 Å². The standard InChI is InChI=1S/C24H26ClN3O4/c1-32-23(31)24(12-13-24)16-8-6-15(7-9-16)21(29)27-19-5-3-2-4-18(19)22(30)28-20-11-10-17(25)14-26-20/h6-11,14,18-19H,2-5,12-13H2,1H3,(H,27,29)(H,26,28,30). The molecule has 1 heterocycles. The number of pyridine rings is 1. The van der Waals surface area contributed by atoms with Crippen LogP contribution in [-0.2, 0) is 19.7 Å². The Morgan fingerprint density at radius 1 is 1.06 bits per heavy atom. The van der Waals surface area contributed by atoms with E-state index in [0.717, 1.165) is 37.7 Å². The number of nitrogens with one attached hydrogen (secondary N) is 2. The molecule has 2 aliphatic carbocycles. The SMILES string of the molecule is COC(=O)C1(c2ccc(C(=O)NC3CCCCC3C(=O)Nc3ccc(Cl)cn3)cc2)CC1. The van der Waals surface area contributed by atoms with E-state index in [0.29, 0.717) is 22.8 Å². The van der Waals surface area contributed by atoms with Crippen LogP contribution in [0.1, 0.15) is 54.4 Å². The summed E-state index contributed by atoms with van der Waals surface area (Å²) in [6, 6.07) is 10.1. The highest BCUT2D eigenvalue weighted by atomic mass is 35.5. The number of anilines is 1. The van der Waals surface area contributed by atoms with E-state index < -0.39 is 5.41 Å². The van der Waals surface area contributed by atoms with Gasteiger partial charge in [-0.25, -0.2) is 4.98 Å². The minimum atomic E-state index is -0.563. The minimum Gasteiger partial charge on any atom is -0.468 e. The minimum absolute atomic E-state index is 0.158. The number of rotatable bonds is 6. The van der Waals surface area contributed by atoms with Gasteiger partial charge in [-0.15, -0.1) is 0 Å². The van der Waals surface area contributed by atoms with Crippen molar-refractivity contribution in [1.29, 1.82) is 0 Å². The molecule has 7 nitrogen and oxygen atoms in total. The topological polar surface area (TPSA) is 97.4 Å². The number of aromatic nitrogens is 1. The number of halogens is 1. The van der Waals surface area contributed by atoms with Gasteiger partial charge >= 0.3 is 5.97 Å². The lowest BCUT2D eigenvalue weighted by Gasteiger charge is -2.31. The van der Waals surface area contributed by atoms with Crippen molar-refractivity contribution in [1.82, 2.24) is 10.3 Å². The predicted octanol–water partition coefficient (Wildman–Crippen LogP) is 3.87. The lowest BCUT2D eigenvalue weighted by molar-refractivity contribution is -0.143. The number of hydrogen-bond acceptors (Lipinski definition) is 5. The Balaban J connectivity index is 1.41. The lowest BCUT2D eigenvalue weighted by Crippen LogP contribution is -2.46. The monoisotopic (exact) mass is 455 g/mol. The molecule has 0 saturated heterocycles. The van der Waals surface area contributed by atoms with E-state index in [-0.39, 0.29) is 29.7 Å². The number of carbonyl (C=O) groups excluding carboxylic acids is 3. The smallest absolute Gasteiger partial charge is 0.316 e. The number of esters is 1. The predicted molar refractivity (Wildman–Crippen MR) is 120 cm³/mol. The fourth-order valence-corrected chi connectivity index (χ4v) is 4.52. The maximum absolute atomic E-state index is 12.9. The van der Waals surface area contributed by atoms with E-state index in [9.17, 15) is 14.4 Å². The zero-order valence-corrected chi connectivity index (χ0v) is 18.7. The highest BCUT2D eigenvalue weighted by Gasteiger charge is 2.52. The third-order valence-corrected chi connectivity index (χ3v) is 6.65. The molecule has 0 bridgehead atoms. The van der Waals surface area contributed by atoms with Crippen LogP contribution in [0.5, 0.6) is 0 Å². The summed E-state index contributed by atoms with van der Waals surface area (Å²) >= 11 is 5.85. The molecule has 8 heteroatoms. The molecule has 1 aromatic heterocycles. The van der Waals surface area contributed by atoms with E-state index in [4.69, 9.17) is 16.3 Å². The van der Waals surface area contributed by atoms with Gasteiger partial charge in [0.05, 0.1) is 23.5 Å². The molecule has 2 aliphatic rings. The lowest BCUT2D eigenvalue weighted by atomic mass is 9.83. The molecular weight excluding hydrogens is 430 g/mol. The van der Waals surface area contributed by atoms with Gasteiger partial charge in [-0.2, -0.15) is 0 Å². The maximum atomic E-state index is 12.9. The van der Waals surface area contributed by atoms with Gasteiger partial charge in [0.15, 0.2) is 0 Å². The Kier molecular flexibility index (Phi) is 6.46. The van der Waals surface area contributed by atoms with E-state index in [2.05, 4.69) is 15.6 Å². The van der Waals surface area contributed by atoms with Crippen LogP contribution in [0.2, 0.25) is 5.02 Å². The van der Waals surface area contributed by atoms with Crippen LogP contribution in [-0.4, -0.2) is 35.9 Å². The summed E-state index contributed by atoms with van der Waals surface area (Å²) in [6.45, 7) is 0. The van der Waals surface area contributed by atoms with E-state index in [1.54, 1.807) is 24.3 Å². The fraction of sp³-hybridized carbons (Fsp3) is 0.417. The van der Waals surface area contributed by atoms with Gasteiger partial charge in [0.2, 0.25) is 5.91 Å². The zero-order valence-electron chi connectivity index (χ0n) is 17.9. The molecule has 2 atom stereocenters. The first-order valence-corrected chi connectivity index (χ1v) is 11.2. The molecule has 2 amide bonds. The Morgan fingerprint density at radius 3 is 2.41 bits per heavy atom. The fourth-order valence-electron chi connectivity index (χ4n) is 4.41. The summed E-state index contributed by atoms with van der Waals surface area (Å²) in [6.07, 6.45) is 6.32. The first-order chi connectivity index (χ1) is 15.4. The average molecular weight is 456 g/mol. The van der Waals surface area contributed by atoms with Crippen LogP contribution in [0.25, 0.3) is 0 Å². The second kappa shape index (κ2) is 9.28. The first kappa shape index (κ1) is 22.3. The van der Waals surface area contributed by atoms with Gasteiger partial charge in [-0.05, 0) is 55.5 Å². The molecule has 168 valence electrons. The average Bonchev–Trinajstić information content (AvgIpc) is 3.62. The summed E-state index contributed by atoms with van der Waals surface area (Å²) in [5, 5.41) is 6.36. The molecule has 2 N–H and O–H groups in total. The van der Waals surface area contributed by atoms with Crippen LogP contribution in [0.4, 0.5) is 5.82 Å². The van der Waals surface area contributed by atoms with E-state index in [1.165, 1.54) is 13.3 Å². The van der Waals surface area contributed by atoms with E-state index >= 15 is 0 Å². The third-order valence-electron chi connectivity index (χ3n) is 6.42. The summed E-state index contributed by atoms with van der Waals surface area (Å²) < 4.78 is 4.93. The number of methoxy groups -OCH3 is 1. The highest BCUT2D eigenvalue weighted by Crippen LogP contribution is 2.49. The molecule has 0 radical (unpaired) electrons. The Bertz CT molecular complexity index is 1000. The van der Waals surface area contributed by atoms with Crippen LogP contribution in [0.15, 0.2) is 42.6 Å². The van der Waals surface area contributed by atoms with E-state index in [1.807, 2.05) is 12.1 Å². The van der Waals surface area contributed by atoms with Crippen LogP contribution >= 0.6 is 11.6 Å². The van der Waals surface area contributed by atoms with Gasteiger partial charge in [0, 0.05) is 17.8 Å². The molecule has 2 saturated carbocycles. The summed E-state index contributed by atoms with van der Waals surface area (Å²) in [4.78, 5) is 41.9. The molecule has 32 heavy (non-hydrogen) atoms. The molecule has 2 aromatic rings. The number of carbonyl (C=O) groups is 3. The summed E-state index contributed by atoms with van der Waals surface area (Å²) in [5.74, 6) is -0.521. The van der Waals surface area contributed by atoms with Crippen LogP contribution in [0, 0.1) is 5.92 Å². The van der Waals surface area contributed by atoms with Crippen molar-refractivity contribution in [3.63, 3.8) is 0 Å². The Morgan fingerprint density at radius 2 is 1.78 bits per heavy atom. The quantitative estimate of drug-likeness (QED) is 0.644. The number of ether oxygens (including phenoxy) is 1. The van der Waals surface area contributed by atoms with Gasteiger partial charge in [-0.3, -0.25) is 14.4 Å². The normalized spacial score (nSPS) is 21.3. The van der Waals surface area contributed by atoms with Gasteiger partial charge in [0.1, 0.15) is 5.82 Å². The second-order valence-electron chi connectivity index (χ2n) is 8.47. The summed E-state index contributed by atoms with van der Waals surface area (Å²) in [7, 11) is 1.39. The van der Waals surface area contributed by atoms with Crippen molar-refractivity contribution in [2.45, 2.75) is 50.0 Å². The number of nitrogens with zero attached hydrogens (tertiary/aromatic N) is 1. The molecule has 2 unspecified atom stereocenters. The summed E-state index contributed by atoms with van der Waals surface area (Å²) in [5.41, 5.74) is 0.802. The van der Waals surface area contributed by atoms with Crippen molar-refractivity contribution < 1.29 is 19.1 Å². The molecular formula is C24H26ClN3O4. The Labute approximate surface area is 191 Å². The molecule has 1 aromatic carbocycles. The first-order valence-electron chi connectivity index (χ1n) is 10.9. The molecule has 2 fully saturated rings. The van der Waals surface area contributed by atoms with Crippen molar-refractivity contribution in [2.24, 2.45) is 5.92 Å². The molecule has 0 spiro atoms. The number of amides is 2. The Hall–Kier alpha value is -2.93. The number of benzene rings is 1. The molecule has 4 rings (SSSR count).